The Balaban J connectivity index is 2.26. The number of nitrogen functional groups attached to an aromatic ring is 1. The highest BCUT2D eigenvalue weighted by molar-refractivity contribution is 9.10. The second-order valence-electron chi connectivity index (χ2n) is 5.15. The average Bonchev–Trinajstić information content (AvgIpc) is 2.34. The van der Waals surface area contributed by atoms with E-state index in [0.717, 1.165) is 14.5 Å². The van der Waals surface area contributed by atoms with Gasteiger partial charge in [0.25, 0.3) is 0 Å². The van der Waals surface area contributed by atoms with Crippen LogP contribution in [-0.4, -0.2) is 15.6 Å². The summed E-state index contributed by atoms with van der Waals surface area (Å²) >= 11 is 4.93. The summed E-state index contributed by atoms with van der Waals surface area (Å²) < 4.78 is 6.69. The van der Waals surface area contributed by atoms with Gasteiger partial charge >= 0.3 is 0 Å². The Morgan fingerprint density at radius 1 is 1.25 bits per heavy atom. The van der Waals surface area contributed by atoms with Gasteiger partial charge in [0.2, 0.25) is 5.88 Å². The van der Waals surface area contributed by atoms with Crippen LogP contribution in [0.5, 0.6) is 5.88 Å². The molecule has 0 fully saturated rings. The van der Waals surface area contributed by atoms with Crippen molar-refractivity contribution in [3.63, 3.8) is 0 Å². The summed E-state index contributed by atoms with van der Waals surface area (Å²) in [6, 6.07) is 7.47. The van der Waals surface area contributed by atoms with Gasteiger partial charge in [-0.3, -0.25) is 0 Å². The third kappa shape index (κ3) is 4.11. The maximum Gasteiger partial charge on any atom is 0.238 e. The highest BCUT2D eigenvalue weighted by Crippen LogP contribution is 2.33. The number of nitrogens with two attached hydrogens (primary N) is 1. The Hall–Kier alpha value is -1.27. The van der Waals surface area contributed by atoms with E-state index in [-0.39, 0.29) is 5.60 Å². The number of rotatable bonds is 3. The summed E-state index contributed by atoms with van der Waals surface area (Å²) in [6.07, 6.45) is 1.75. The van der Waals surface area contributed by atoms with Crippen LogP contribution >= 0.6 is 27.7 Å². The Labute approximate surface area is 131 Å². The molecule has 0 aliphatic carbocycles. The molecule has 0 saturated heterocycles. The van der Waals surface area contributed by atoms with Crippen molar-refractivity contribution in [3.05, 3.63) is 34.9 Å². The molecule has 0 amide bonds. The molecule has 106 valence electrons. The van der Waals surface area contributed by atoms with E-state index in [1.165, 1.54) is 11.8 Å². The summed E-state index contributed by atoms with van der Waals surface area (Å²) in [5, 5.41) is 1.64. The SMILES string of the molecule is CC(C)(C)Oc1nc(Sc2ncccc2Br)ccc1N. The van der Waals surface area contributed by atoms with Gasteiger partial charge in [0, 0.05) is 6.20 Å². The van der Waals surface area contributed by atoms with Gasteiger partial charge in [-0.05, 0) is 72.7 Å². The molecule has 0 unspecified atom stereocenters. The van der Waals surface area contributed by atoms with Crippen molar-refractivity contribution in [1.29, 1.82) is 0 Å². The molecule has 4 nitrogen and oxygen atoms in total. The molecule has 0 radical (unpaired) electrons. The van der Waals surface area contributed by atoms with Crippen molar-refractivity contribution >= 4 is 33.4 Å². The Bertz CT molecular complexity index is 614. The largest absolute Gasteiger partial charge is 0.470 e. The van der Waals surface area contributed by atoms with E-state index >= 15 is 0 Å². The maximum atomic E-state index is 5.90. The lowest BCUT2D eigenvalue weighted by Gasteiger charge is -2.21. The summed E-state index contributed by atoms with van der Waals surface area (Å²) in [4.78, 5) is 8.75. The molecule has 2 rings (SSSR count). The summed E-state index contributed by atoms with van der Waals surface area (Å²) in [5.74, 6) is 0.453. The van der Waals surface area contributed by atoms with Crippen LogP contribution < -0.4 is 10.5 Å². The number of anilines is 1. The number of hydrogen-bond acceptors (Lipinski definition) is 5. The molecule has 0 bridgehead atoms. The first-order valence-corrected chi connectivity index (χ1v) is 7.70. The first kappa shape index (κ1) is 15.1. The Kier molecular flexibility index (Phi) is 4.55. The van der Waals surface area contributed by atoms with E-state index < -0.39 is 0 Å². The van der Waals surface area contributed by atoms with Crippen LogP contribution in [0.3, 0.4) is 0 Å². The average molecular weight is 354 g/mol. The number of halogens is 1. The highest BCUT2D eigenvalue weighted by Gasteiger charge is 2.16. The second-order valence-corrected chi connectivity index (χ2v) is 7.01. The molecule has 0 spiro atoms. The highest BCUT2D eigenvalue weighted by atomic mass is 79.9. The first-order chi connectivity index (χ1) is 9.35. The van der Waals surface area contributed by atoms with Crippen molar-refractivity contribution in [2.75, 3.05) is 5.73 Å². The summed E-state index contributed by atoms with van der Waals surface area (Å²) in [5.41, 5.74) is 6.09. The van der Waals surface area contributed by atoms with Gasteiger partial charge in [-0.25, -0.2) is 9.97 Å². The fourth-order valence-electron chi connectivity index (χ4n) is 1.41. The quantitative estimate of drug-likeness (QED) is 0.897. The lowest BCUT2D eigenvalue weighted by molar-refractivity contribution is 0.124. The molecule has 20 heavy (non-hydrogen) atoms. The zero-order valence-electron chi connectivity index (χ0n) is 11.6. The molecule has 0 aliphatic rings. The lowest BCUT2D eigenvalue weighted by atomic mass is 10.2. The van der Waals surface area contributed by atoms with Crippen LogP contribution in [-0.2, 0) is 0 Å². The zero-order chi connectivity index (χ0) is 14.8. The number of aromatic nitrogens is 2. The van der Waals surface area contributed by atoms with Crippen molar-refractivity contribution in [3.8, 4) is 5.88 Å². The van der Waals surface area contributed by atoms with Crippen LogP contribution in [0.15, 0.2) is 45.0 Å². The fourth-order valence-corrected chi connectivity index (χ4v) is 2.65. The van der Waals surface area contributed by atoms with E-state index in [1.54, 1.807) is 12.3 Å². The maximum absolute atomic E-state index is 5.90. The normalized spacial score (nSPS) is 11.4. The van der Waals surface area contributed by atoms with Gasteiger partial charge in [0.15, 0.2) is 0 Å². The molecule has 6 heteroatoms. The van der Waals surface area contributed by atoms with Crippen LogP contribution in [0.25, 0.3) is 0 Å². The van der Waals surface area contributed by atoms with Crippen molar-refractivity contribution in [1.82, 2.24) is 9.97 Å². The van der Waals surface area contributed by atoms with Gasteiger partial charge in [-0.1, -0.05) is 0 Å². The number of hydrogen-bond donors (Lipinski definition) is 1. The summed E-state index contributed by atoms with van der Waals surface area (Å²) in [7, 11) is 0. The lowest BCUT2D eigenvalue weighted by Crippen LogP contribution is -2.24. The third-order valence-corrected chi connectivity index (χ3v) is 4.05. The Morgan fingerprint density at radius 2 is 2.00 bits per heavy atom. The first-order valence-electron chi connectivity index (χ1n) is 6.09. The standard InChI is InChI=1S/C14H16BrN3OS/c1-14(2,3)19-12-10(16)6-7-11(18-12)20-13-9(15)5-4-8-17-13/h4-8H,16H2,1-3H3. The summed E-state index contributed by atoms with van der Waals surface area (Å²) in [6.45, 7) is 5.88. The van der Waals surface area contributed by atoms with Crippen LogP contribution in [0.2, 0.25) is 0 Å². The van der Waals surface area contributed by atoms with Gasteiger partial charge in [0.05, 0.1) is 10.2 Å². The molecular weight excluding hydrogens is 338 g/mol. The molecule has 2 aromatic heterocycles. The van der Waals surface area contributed by atoms with Crippen LogP contribution in [0.4, 0.5) is 5.69 Å². The predicted molar refractivity (Wildman–Crippen MR) is 85.1 cm³/mol. The van der Waals surface area contributed by atoms with Gasteiger partial charge in [0.1, 0.15) is 15.7 Å². The molecule has 2 aromatic rings. The third-order valence-electron chi connectivity index (χ3n) is 2.19. The van der Waals surface area contributed by atoms with Gasteiger partial charge < -0.3 is 10.5 Å². The molecule has 0 atom stereocenters. The molecule has 2 heterocycles. The fraction of sp³-hybridized carbons (Fsp3) is 0.286. The van der Waals surface area contributed by atoms with E-state index in [1.807, 2.05) is 39.0 Å². The number of ether oxygens (including phenoxy) is 1. The minimum absolute atomic E-state index is 0.337. The van der Waals surface area contributed by atoms with Gasteiger partial charge in [-0.2, -0.15) is 0 Å². The number of pyridine rings is 2. The molecule has 2 N–H and O–H groups in total. The van der Waals surface area contributed by atoms with Crippen LogP contribution in [0, 0.1) is 0 Å². The van der Waals surface area contributed by atoms with E-state index in [0.29, 0.717) is 11.6 Å². The smallest absolute Gasteiger partial charge is 0.238 e. The minimum atomic E-state index is -0.337. The minimum Gasteiger partial charge on any atom is -0.470 e. The molecule has 0 aromatic carbocycles. The topological polar surface area (TPSA) is 61.0 Å². The Morgan fingerprint density at radius 3 is 2.65 bits per heavy atom. The van der Waals surface area contributed by atoms with Gasteiger partial charge in [-0.15, -0.1) is 0 Å². The molecule has 0 aliphatic heterocycles. The second kappa shape index (κ2) is 6.01. The van der Waals surface area contributed by atoms with Crippen molar-refractivity contribution < 1.29 is 4.74 Å². The molecular formula is C14H16BrN3OS. The van der Waals surface area contributed by atoms with Crippen molar-refractivity contribution in [2.24, 2.45) is 0 Å². The van der Waals surface area contributed by atoms with E-state index in [4.69, 9.17) is 10.5 Å². The zero-order valence-corrected chi connectivity index (χ0v) is 14.0. The molecule has 0 saturated carbocycles. The monoisotopic (exact) mass is 353 g/mol. The van der Waals surface area contributed by atoms with Crippen molar-refractivity contribution in [2.45, 2.75) is 36.4 Å². The predicted octanol–water partition coefficient (Wildman–Crippen LogP) is 4.15. The number of nitrogens with zero attached hydrogens (tertiary/aromatic N) is 2. The van der Waals surface area contributed by atoms with E-state index in [2.05, 4.69) is 25.9 Å². The van der Waals surface area contributed by atoms with Crippen LogP contribution in [0.1, 0.15) is 20.8 Å². The van der Waals surface area contributed by atoms with E-state index in [9.17, 15) is 0 Å².